The molecule has 0 atom stereocenters. The average molecular weight is 279 g/mol. The Morgan fingerprint density at radius 1 is 0.889 bits per heavy atom. The van der Waals surface area contributed by atoms with Gasteiger partial charge in [0.25, 0.3) is 0 Å². The van der Waals surface area contributed by atoms with Crippen LogP contribution >= 0.6 is 23.2 Å². The lowest BCUT2D eigenvalue weighted by atomic mass is 10.2. The van der Waals surface area contributed by atoms with E-state index in [0.717, 1.165) is 16.3 Å². The summed E-state index contributed by atoms with van der Waals surface area (Å²) in [6, 6.07) is 15.0. The molecule has 0 amide bonds. The van der Waals surface area contributed by atoms with Gasteiger partial charge in [-0.05, 0) is 42.0 Å². The molecule has 92 valence electrons. The second-order valence-corrected chi connectivity index (χ2v) is 4.67. The smallest absolute Gasteiger partial charge is 0.0591 e. The summed E-state index contributed by atoms with van der Waals surface area (Å²) in [6.45, 7) is 0. The van der Waals surface area contributed by atoms with E-state index in [1.54, 1.807) is 11.2 Å². The van der Waals surface area contributed by atoms with Gasteiger partial charge in [0.2, 0.25) is 0 Å². The Hall–Kier alpha value is -1.51. The predicted molar refractivity (Wildman–Crippen MR) is 78.9 cm³/mol. The topological polar surface area (TPSA) is 15.6 Å². The Balaban J connectivity index is 2.08. The van der Waals surface area contributed by atoms with Gasteiger partial charge in [-0.1, -0.05) is 35.3 Å². The molecule has 0 fully saturated rings. The second-order valence-electron chi connectivity index (χ2n) is 3.80. The molecule has 0 aromatic heterocycles. The van der Waals surface area contributed by atoms with Crippen molar-refractivity contribution in [2.24, 2.45) is 5.10 Å². The van der Waals surface area contributed by atoms with Gasteiger partial charge >= 0.3 is 0 Å². The Bertz CT molecular complexity index is 533. The molecule has 0 unspecified atom stereocenters. The van der Waals surface area contributed by atoms with E-state index in [-0.39, 0.29) is 0 Å². The largest absolute Gasteiger partial charge is 0.269 e. The van der Waals surface area contributed by atoms with Crippen LogP contribution in [0.2, 0.25) is 10.0 Å². The minimum atomic E-state index is 0.717. The van der Waals surface area contributed by atoms with Crippen molar-refractivity contribution in [3.05, 3.63) is 64.1 Å². The summed E-state index contributed by atoms with van der Waals surface area (Å²) >= 11 is 11.7. The summed E-state index contributed by atoms with van der Waals surface area (Å²) in [4.78, 5) is 0. The van der Waals surface area contributed by atoms with Crippen molar-refractivity contribution in [3.8, 4) is 0 Å². The monoisotopic (exact) mass is 278 g/mol. The van der Waals surface area contributed by atoms with Gasteiger partial charge < -0.3 is 0 Å². The maximum Gasteiger partial charge on any atom is 0.0591 e. The van der Waals surface area contributed by atoms with Crippen LogP contribution in [-0.4, -0.2) is 13.3 Å². The fourth-order valence-corrected chi connectivity index (χ4v) is 1.68. The molecule has 0 aliphatic carbocycles. The van der Waals surface area contributed by atoms with Gasteiger partial charge in [-0.25, -0.2) is 0 Å². The van der Waals surface area contributed by atoms with Crippen molar-refractivity contribution in [2.75, 3.05) is 12.1 Å². The number of halogens is 2. The van der Waals surface area contributed by atoms with Crippen molar-refractivity contribution in [2.45, 2.75) is 0 Å². The van der Waals surface area contributed by atoms with Gasteiger partial charge in [-0.3, -0.25) is 5.01 Å². The lowest BCUT2D eigenvalue weighted by Gasteiger charge is -2.12. The van der Waals surface area contributed by atoms with Gasteiger partial charge in [0.05, 0.1) is 11.9 Å². The van der Waals surface area contributed by atoms with Crippen LogP contribution in [0, 0.1) is 0 Å². The summed E-state index contributed by atoms with van der Waals surface area (Å²) in [6.07, 6.45) is 1.78. The van der Waals surface area contributed by atoms with Crippen molar-refractivity contribution in [1.82, 2.24) is 0 Å². The molecule has 2 nitrogen and oxygen atoms in total. The Morgan fingerprint density at radius 2 is 1.39 bits per heavy atom. The third-order valence-electron chi connectivity index (χ3n) is 2.45. The summed E-state index contributed by atoms with van der Waals surface area (Å²) in [5.74, 6) is 0. The highest BCUT2D eigenvalue weighted by Crippen LogP contribution is 2.17. The number of anilines is 1. The maximum absolute atomic E-state index is 5.83. The highest BCUT2D eigenvalue weighted by molar-refractivity contribution is 6.30. The first-order chi connectivity index (χ1) is 8.65. The minimum absolute atomic E-state index is 0.717. The molecular formula is C14H12Cl2N2. The van der Waals surface area contributed by atoms with Crippen molar-refractivity contribution in [3.63, 3.8) is 0 Å². The Morgan fingerprint density at radius 3 is 1.94 bits per heavy atom. The van der Waals surface area contributed by atoms with E-state index in [1.165, 1.54) is 0 Å². The van der Waals surface area contributed by atoms with E-state index in [0.29, 0.717) is 5.02 Å². The molecule has 2 rings (SSSR count). The van der Waals surface area contributed by atoms with Crippen LogP contribution in [0.15, 0.2) is 53.6 Å². The SMILES string of the molecule is CN(/N=C/c1ccc(Cl)cc1)c1ccc(Cl)cc1. The first kappa shape index (κ1) is 12.9. The molecule has 0 aliphatic heterocycles. The molecule has 2 aromatic carbocycles. The maximum atomic E-state index is 5.83. The molecule has 0 saturated carbocycles. The van der Waals surface area contributed by atoms with Crippen LogP contribution in [0.4, 0.5) is 5.69 Å². The first-order valence-corrected chi connectivity index (χ1v) is 6.19. The van der Waals surface area contributed by atoms with E-state index in [2.05, 4.69) is 5.10 Å². The second kappa shape index (κ2) is 5.89. The highest BCUT2D eigenvalue weighted by atomic mass is 35.5. The Labute approximate surface area is 116 Å². The van der Waals surface area contributed by atoms with E-state index >= 15 is 0 Å². The average Bonchev–Trinajstić information content (AvgIpc) is 2.38. The fraction of sp³-hybridized carbons (Fsp3) is 0.0714. The van der Waals surface area contributed by atoms with E-state index in [4.69, 9.17) is 23.2 Å². The van der Waals surface area contributed by atoms with Crippen molar-refractivity contribution < 1.29 is 0 Å². The molecule has 0 radical (unpaired) electrons. The molecule has 4 heteroatoms. The van der Waals surface area contributed by atoms with Gasteiger partial charge in [0.1, 0.15) is 0 Å². The molecule has 0 N–H and O–H groups in total. The summed E-state index contributed by atoms with van der Waals surface area (Å²) < 4.78 is 0. The van der Waals surface area contributed by atoms with Gasteiger partial charge in [-0.15, -0.1) is 0 Å². The van der Waals surface area contributed by atoms with Crippen LogP contribution < -0.4 is 5.01 Å². The number of rotatable bonds is 3. The quantitative estimate of drug-likeness (QED) is 0.598. The van der Waals surface area contributed by atoms with Crippen LogP contribution in [0.25, 0.3) is 0 Å². The molecule has 0 heterocycles. The summed E-state index contributed by atoms with van der Waals surface area (Å²) in [5, 5.41) is 7.57. The van der Waals surface area contributed by atoms with Crippen LogP contribution in [0.1, 0.15) is 5.56 Å². The molecular weight excluding hydrogens is 267 g/mol. The van der Waals surface area contributed by atoms with Gasteiger partial charge in [-0.2, -0.15) is 5.10 Å². The highest BCUT2D eigenvalue weighted by Gasteiger charge is 1.97. The zero-order valence-electron chi connectivity index (χ0n) is 9.85. The third kappa shape index (κ3) is 3.49. The normalized spacial score (nSPS) is 10.8. The number of hydrogen-bond donors (Lipinski definition) is 0. The van der Waals surface area contributed by atoms with Crippen LogP contribution in [0.3, 0.4) is 0 Å². The van der Waals surface area contributed by atoms with E-state index in [9.17, 15) is 0 Å². The minimum Gasteiger partial charge on any atom is -0.269 e. The molecule has 18 heavy (non-hydrogen) atoms. The zero-order valence-corrected chi connectivity index (χ0v) is 11.4. The number of hydrogen-bond acceptors (Lipinski definition) is 2. The van der Waals surface area contributed by atoms with Gasteiger partial charge in [0.15, 0.2) is 0 Å². The summed E-state index contributed by atoms with van der Waals surface area (Å²) in [5.41, 5.74) is 1.98. The van der Waals surface area contributed by atoms with Gasteiger partial charge in [0, 0.05) is 17.1 Å². The van der Waals surface area contributed by atoms with E-state index < -0.39 is 0 Å². The lowest BCUT2D eigenvalue weighted by molar-refractivity contribution is 1.02. The zero-order chi connectivity index (χ0) is 13.0. The first-order valence-electron chi connectivity index (χ1n) is 5.44. The van der Waals surface area contributed by atoms with Crippen LogP contribution in [0.5, 0.6) is 0 Å². The fourth-order valence-electron chi connectivity index (χ4n) is 1.43. The number of benzene rings is 2. The number of hydrazone groups is 1. The van der Waals surface area contributed by atoms with Crippen molar-refractivity contribution in [1.29, 1.82) is 0 Å². The molecule has 0 aliphatic rings. The van der Waals surface area contributed by atoms with E-state index in [1.807, 2.05) is 55.6 Å². The predicted octanol–water partition coefficient (Wildman–Crippen LogP) is 4.46. The third-order valence-corrected chi connectivity index (χ3v) is 2.95. The van der Waals surface area contributed by atoms with Crippen molar-refractivity contribution >= 4 is 35.1 Å². The molecule has 0 bridgehead atoms. The standard InChI is InChI=1S/C14H12Cl2N2/c1-18(14-8-6-13(16)7-9-14)17-10-11-2-4-12(15)5-3-11/h2-10H,1H3/b17-10+. The molecule has 0 spiro atoms. The van der Waals surface area contributed by atoms with Crippen LogP contribution in [-0.2, 0) is 0 Å². The lowest BCUT2D eigenvalue weighted by Crippen LogP contribution is -2.08. The Kier molecular flexibility index (Phi) is 4.24. The summed E-state index contributed by atoms with van der Waals surface area (Å²) in [7, 11) is 1.88. The molecule has 0 saturated heterocycles. The molecule has 2 aromatic rings. The number of nitrogens with zero attached hydrogens (tertiary/aromatic N) is 2.